The van der Waals surface area contributed by atoms with Crippen LogP contribution in [-0.2, 0) is 10.8 Å². The van der Waals surface area contributed by atoms with Crippen LogP contribution in [-0.4, -0.2) is 0 Å². The third-order valence-corrected chi connectivity index (χ3v) is 11.3. The molecule has 10 rings (SSSR count). The fourth-order valence-corrected chi connectivity index (χ4v) is 8.89. The number of anilines is 3. The molecule has 0 saturated heterocycles. The number of hydrogen-bond acceptors (Lipinski definition) is 1. The number of hydrogen-bond donors (Lipinski definition) is 0. The fraction of sp³-hybridized carbons (Fsp3) is 0.130. The van der Waals surface area contributed by atoms with Crippen molar-refractivity contribution in [2.45, 2.75) is 38.5 Å². The fourth-order valence-electron chi connectivity index (χ4n) is 8.89. The SMILES string of the molecule is CC1(C)c2cc(-c3cc4ccc5cccc6ccc(c3)c4c56)cc3c2-c2c1cc(N(c1ccccc1)c1ccccc1)cc2C3(C)C. The van der Waals surface area contributed by atoms with E-state index in [0.29, 0.717) is 0 Å². The molecule has 8 aromatic carbocycles. The maximum Gasteiger partial charge on any atom is 0.0468 e. The molecule has 0 heterocycles. The van der Waals surface area contributed by atoms with E-state index in [9.17, 15) is 0 Å². The first-order valence-electron chi connectivity index (χ1n) is 16.8. The van der Waals surface area contributed by atoms with Gasteiger partial charge < -0.3 is 4.90 Å². The minimum absolute atomic E-state index is 0.133. The Morgan fingerprint density at radius 2 is 0.766 bits per heavy atom. The van der Waals surface area contributed by atoms with Gasteiger partial charge in [-0.2, -0.15) is 0 Å². The van der Waals surface area contributed by atoms with Gasteiger partial charge in [-0.05, 0) is 137 Å². The van der Waals surface area contributed by atoms with Crippen molar-refractivity contribution in [2.75, 3.05) is 4.90 Å². The van der Waals surface area contributed by atoms with Gasteiger partial charge in [-0.1, -0.05) is 107 Å². The largest absolute Gasteiger partial charge is 0.310 e. The van der Waals surface area contributed by atoms with Crippen molar-refractivity contribution < 1.29 is 0 Å². The van der Waals surface area contributed by atoms with Crippen LogP contribution in [0.25, 0.3) is 54.6 Å². The predicted octanol–water partition coefficient (Wildman–Crippen LogP) is 12.7. The summed E-state index contributed by atoms with van der Waals surface area (Å²) in [6, 6.07) is 52.2. The van der Waals surface area contributed by atoms with E-state index in [1.807, 2.05) is 0 Å². The van der Waals surface area contributed by atoms with Gasteiger partial charge in [0.25, 0.3) is 0 Å². The first kappa shape index (κ1) is 26.8. The molecular weight excluding hydrogens is 567 g/mol. The molecule has 0 aliphatic heterocycles. The van der Waals surface area contributed by atoms with E-state index in [0.717, 1.165) is 0 Å². The van der Waals surface area contributed by atoms with Crippen molar-refractivity contribution in [1.29, 1.82) is 0 Å². The normalized spacial score (nSPS) is 15.1. The maximum atomic E-state index is 2.50. The van der Waals surface area contributed by atoms with Crippen LogP contribution in [0.2, 0.25) is 0 Å². The van der Waals surface area contributed by atoms with Crippen molar-refractivity contribution in [1.82, 2.24) is 0 Å². The van der Waals surface area contributed by atoms with Gasteiger partial charge in [0.1, 0.15) is 0 Å². The first-order valence-corrected chi connectivity index (χ1v) is 16.8. The molecule has 0 radical (unpaired) electrons. The molecule has 0 spiro atoms. The van der Waals surface area contributed by atoms with Crippen molar-refractivity contribution in [3.05, 3.63) is 162 Å². The molecule has 1 heteroatoms. The second-order valence-corrected chi connectivity index (χ2v) is 14.6. The number of para-hydroxylation sites is 2. The lowest BCUT2D eigenvalue weighted by atomic mass is 9.74. The quantitative estimate of drug-likeness (QED) is 0.181. The van der Waals surface area contributed by atoms with Crippen molar-refractivity contribution in [2.24, 2.45) is 0 Å². The summed E-state index contributed by atoms with van der Waals surface area (Å²) < 4.78 is 0. The molecule has 224 valence electrons. The van der Waals surface area contributed by atoms with Gasteiger partial charge in [-0.3, -0.25) is 0 Å². The summed E-state index contributed by atoms with van der Waals surface area (Å²) in [6.07, 6.45) is 0. The lowest BCUT2D eigenvalue weighted by Gasteiger charge is -2.32. The van der Waals surface area contributed by atoms with Gasteiger partial charge in [0.2, 0.25) is 0 Å². The Morgan fingerprint density at radius 3 is 1.26 bits per heavy atom. The summed E-state index contributed by atoms with van der Waals surface area (Å²) in [4.78, 5) is 2.42. The Hall–Kier alpha value is -5.40. The predicted molar refractivity (Wildman–Crippen MR) is 200 cm³/mol. The molecule has 0 N–H and O–H groups in total. The summed E-state index contributed by atoms with van der Waals surface area (Å²) in [5, 5.41) is 8.00. The van der Waals surface area contributed by atoms with E-state index in [1.165, 1.54) is 93.9 Å². The van der Waals surface area contributed by atoms with Crippen molar-refractivity contribution >= 4 is 49.4 Å². The van der Waals surface area contributed by atoms with Crippen LogP contribution < -0.4 is 4.90 Å². The zero-order chi connectivity index (χ0) is 31.7. The van der Waals surface area contributed by atoms with Crippen molar-refractivity contribution in [3.63, 3.8) is 0 Å². The van der Waals surface area contributed by atoms with Crippen LogP contribution in [0, 0.1) is 0 Å². The van der Waals surface area contributed by atoms with Crippen molar-refractivity contribution in [3.8, 4) is 22.3 Å². The van der Waals surface area contributed by atoms with Gasteiger partial charge in [-0.15, -0.1) is 0 Å². The molecule has 8 aromatic rings. The van der Waals surface area contributed by atoms with Gasteiger partial charge in [0.15, 0.2) is 0 Å². The molecule has 2 aliphatic carbocycles. The molecule has 0 saturated carbocycles. The average Bonchev–Trinajstić information content (AvgIpc) is 3.47. The van der Waals surface area contributed by atoms with Crippen LogP contribution >= 0.6 is 0 Å². The summed E-state index contributed by atoms with van der Waals surface area (Å²) in [5.74, 6) is 0. The summed E-state index contributed by atoms with van der Waals surface area (Å²) in [7, 11) is 0. The summed E-state index contributed by atoms with van der Waals surface area (Å²) in [5.41, 5.74) is 14.6. The highest BCUT2D eigenvalue weighted by molar-refractivity contribution is 6.23. The monoisotopic (exact) mass is 601 g/mol. The summed E-state index contributed by atoms with van der Waals surface area (Å²) >= 11 is 0. The van der Waals surface area contributed by atoms with E-state index in [-0.39, 0.29) is 10.8 Å². The maximum absolute atomic E-state index is 2.50. The van der Waals surface area contributed by atoms with Crippen LogP contribution in [0.4, 0.5) is 17.1 Å². The minimum atomic E-state index is -0.133. The minimum Gasteiger partial charge on any atom is -0.310 e. The van der Waals surface area contributed by atoms with E-state index < -0.39 is 0 Å². The van der Waals surface area contributed by atoms with Crippen LogP contribution in [0.5, 0.6) is 0 Å². The molecule has 47 heavy (non-hydrogen) atoms. The number of benzene rings is 8. The van der Waals surface area contributed by atoms with Crippen LogP contribution in [0.15, 0.2) is 140 Å². The second kappa shape index (κ2) is 9.11. The highest BCUT2D eigenvalue weighted by Gasteiger charge is 2.48. The smallest absolute Gasteiger partial charge is 0.0468 e. The number of rotatable bonds is 4. The lowest BCUT2D eigenvalue weighted by Crippen LogP contribution is -2.23. The highest BCUT2D eigenvalue weighted by atomic mass is 15.1. The Morgan fingerprint density at radius 1 is 0.362 bits per heavy atom. The zero-order valence-corrected chi connectivity index (χ0v) is 27.2. The van der Waals surface area contributed by atoms with Gasteiger partial charge in [-0.25, -0.2) is 0 Å². The molecule has 0 amide bonds. The lowest BCUT2D eigenvalue weighted by molar-refractivity contribution is 0.630. The molecule has 0 aromatic heterocycles. The Balaban J connectivity index is 1.18. The molecule has 0 bridgehead atoms. The third kappa shape index (κ3) is 3.55. The molecule has 0 fully saturated rings. The van der Waals surface area contributed by atoms with Crippen LogP contribution in [0.3, 0.4) is 0 Å². The molecular formula is C46H35N. The van der Waals surface area contributed by atoms with Gasteiger partial charge in [0, 0.05) is 27.9 Å². The topological polar surface area (TPSA) is 3.24 Å². The Labute approximate surface area is 276 Å². The molecule has 2 aliphatic rings. The van der Waals surface area contributed by atoms with Gasteiger partial charge in [0.05, 0.1) is 0 Å². The van der Waals surface area contributed by atoms with Crippen LogP contribution in [0.1, 0.15) is 49.9 Å². The summed E-state index contributed by atoms with van der Waals surface area (Å²) in [6.45, 7) is 9.69. The van der Waals surface area contributed by atoms with E-state index >= 15 is 0 Å². The highest BCUT2D eigenvalue weighted by Crippen LogP contribution is 2.62. The standard InChI is InChI=1S/C46H35N/c1-45(2)37-24-33(32-22-30-20-18-28-12-11-13-29-19-21-31(23-32)42(30)41(28)29)25-38-43(37)44-39(45)26-36(27-40(44)46(38,3)4)47(34-14-7-5-8-15-34)35-16-9-6-10-17-35/h5-27H,1-4H3. The van der Waals surface area contributed by atoms with E-state index in [1.54, 1.807) is 0 Å². The number of nitrogens with zero attached hydrogens (tertiary/aromatic N) is 1. The molecule has 1 nitrogen and oxygen atoms in total. The Kier molecular flexibility index (Phi) is 5.19. The van der Waals surface area contributed by atoms with E-state index in [2.05, 4.69) is 172 Å². The average molecular weight is 602 g/mol. The second-order valence-electron chi connectivity index (χ2n) is 14.6. The first-order chi connectivity index (χ1) is 22.8. The van der Waals surface area contributed by atoms with E-state index in [4.69, 9.17) is 0 Å². The zero-order valence-electron chi connectivity index (χ0n) is 27.2. The third-order valence-electron chi connectivity index (χ3n) is 11.3. The molecule has 0 atom stereocenters. The molecule has 0 unspecified atom stereocenters. The van der Waals surface area contributed by atoms with Gasteiger partial charge >= 0.3 is 0 Å². The Bertz CT molecular complexity index is 2390.